The highest BCUT2D eigenvalue weighted by Crippen LogP contribution is 2.25. The number of nitrogens with two attached hydrogens (primary N) is 1. The second-order valence-electron chi connectivity index (χ2n) is 3.31. The first-order chi connectivity index (χ1) is 7.54. The molecule has 0 saturated carbocycles. The monoisotopic (exact) mass is 260 g/mol. The molecule has 0 aliphatic rings. The van der Waals surface area contributed by atoms with Gasteiger partial charge in [0, 0.05) is 25.7 Å². The van der Waals surface area contributed by atoms with E-state index in [1.165, 1.54) is 0 Å². The SMILES string of the molecule is CCN(CCC(=N)N)c1ncc(Cl)cc1Cl. The molecule has 1 heterocycles. The lowest BCUT2D eigenvalue weighted by molar-refractivity contribution is 0.815. The van der Waals surface area contributed by atoms with Crippen LogP contribution in [0.25, 0.3) is 0 Å². The quantitative estimate of drug-likeness (QED) is 0.632. The molecule has 0 spiro atoms. The molecule has 0 radical (unpaired) electrons. The summed E-state index contributed by atoms with van der Waals surface area (Å²) in [5.74, 6) is 0.832. The second-order valence-corrected chi connectivity index (χ2v) is 4.16. The van der Waals surface area contributed by atoms with E-state index in [-0.39, 0.29) is 5.84 Å². The van der Waals surface area contributed by atoms with Crippen LogP contribution in [0.4, 0.5) is 5.82 Å². The molecule has 0 aliphatic carbocycles. The summed E-state index contributed by atoms with van der Waals surface area (Å²) in [4.78, 5) is 6.14. The van der Waals surface area contributed by atoms with Crippen LogP contribution in [0.2, 0.25) is 10.0 Å². The molecule has 16 heavy (non-hydrogen) atoms. The minimum Gasteiger partial charge on any atom is -0.388 e. The topological polar surface area (TPSA) is 66.0 Å². The van der Waals surface area contributed by atoms with E-state index in [1.54, 1.807) is 12.3 Å². The van der Waals surface area contributed by atoms with Crippen LogP contribution < -0.4 is 10.6 Å². The molecule has 0 unspecified atom stereocenters. The van der Waals surface area contributed by atoms with E-state index in [0.29, 0.717) is 28.8 Å². The predicted molar refractivity (Wildman–Crippen MR) is 68.7 cm³/mol. The van der Waals surface area contributed by atoms with E-state index in [4.69, 9.17) is 34.3 Å². The van der Waals surface area contributed by atoms with Crippen molar-refractivity contribution in [3.8, 4) is 0 Å². The van der Waals surface area contributed by atoms with Crippen molar-refractivity contribution in [3.63, 3.8) is 0 Å². The van der Waals surface area contributed by atoms with Gasteiger partial charge in [-0.1, -0.05) is 23.2 Å². The zero-order valence-corrected chi connectivity index (χ0v) is 10.5. The molecule has 3 N–H and O–H groups in total. The molecular formula is C10H14Cl2N4. The highest BCUT2D eigenvalue weighted by atomic mass is 35.5. The first kappa shape index (κ1) is 13.1. The van der Waals surface area contributed by atoms with Crippen molar-refractivity contribution in [2.24, 2.45) is 5.73 Å². The Morgan fingerprint density at radius 1 is 1.56 bits per heavy atom. The molecule has 0 aromatic carbocycles. The highest BCUT2D eigenvalue weighted by molar-refractivity contribution is 6.36. The van der Waals surface area contributed by atoms with Gasteiger partial charge in [-0.2, -0.15) is 0 Å². The molecule has 1 aromatic rings. The largest absolute Gasteiger partial charge is 0.388 e. The third-order valence-electron chi connectivity index (χ3n) is 2.12. The van der Waals surface area contributed by atoms with Crippen LogP contribution in [0.3, 0.4) is 0 Å². The standard InChI is InChI=1S/C10H14Cl2N4/c1-2-16(4-3-9(13)14)10-8(12)5-7(11)6-15-10/h5-6H,2-4H2,1H3,(H3,13,14). The van der Waals surface area contributed by atoms with Gasteiger partial charge in [0.25, 0.3) is 0 Å². The zero-order valence-electron chi connectivity index (χ0n) is 9.00. The Hall–Kier alpha value is -1.000. The molecule has 88 valence electrons. The highest BCUT2D eigenvalue weighted by Gasteiger charge is 2.10. The lowest BCUT2D eigenvalue weighted by Crippen LogP contribution is -2.28. The number of hydrogen-bond acceptors (Lipinski definition) is 3. The van der Waals surface area contributed by atoms with Crippen molar-refractivity contribution in [2.45, 2.75) is 13.3 Å². The Bertz CT molecular complexity index is 381. The van der Waals surface area contributed by atoms with Crippen molar-refractivity contribution in [1.82, 2.24) is 4.98 Å². The molecule has 6 heteroatoms. The smallest absolute Gasteiger partial charge is 0.147 e. The number of halogens is 2. The van der Waals surface area contributed by atoms with E-state index in [1.807, 2.05) is 11.8 Å². The summed E-state index contributed by atoms with van der Waals surface area (Å²) in [6, 6.07) is 1.65. The Morgan fingerprint density at radius 3 is 2.75 bits per heavy atom. The molecule has 0 amide bonds. The molecule has 0 atom stereocenters. The zero-order chi connectivity index (χ0) is 12.1. The minimum atomic E-state index is 0.156. The van der Waals surface area contributed by atoms with E-state index in [0.717, 1.165) is 6.54 Å². The van der Waals surface area contributed by atoms with Crippen molar-refractivity contribution in [3.05, 3.63) is 22.3 Å². The van der Waals surface area contributed by atoms with Crippen LogP contribution >= 0.6 is 23.2 Å². The van der Waals surface area contributed by atoms with Crippen LogP contribution in [0.5, 0.6) is 0 Å². The Balaban J connectivity index is 2.82. The molecule has 0 aliphatic heterocycles. The maximum atomic E-state index is 7.19. The van der Waals surface area contributed by atoms with Gasteiger partial charge in [0.15, 0.2) is 0 Å². The molecule has 0 fully saturated rings. The normalized spacial score (nSPS) is 10.2. The molecule has 0 bridgehead atoms. The number of anilines is 1. The van der Waals surface area contributed by atoms with Crippen LogP contribution in [-0.2, 0) is 0 Å². The summed E-state index contributed by atoms with van der Waals surface area (Å²) < 4.78 is 0. The van der Waals surface area contributed by atoms with Gasteiger partial charge in [0.05, 0.1) is 15.9 Å². The Kier molecular flexibility index (Phi) is 4.83. The first-order valence-corrected chi connectivity index (χ1v) is 5.69. The van der Waals surface area contributed by atoms with Crippen LogP contribution in [0.15, 0.2) is 12.3 Å². The van der Waals surface area contributed by atoms with Crippen molar-refractivity contribution >= 4 is 34.9 Å². The van der Waals surface area contributed by atoms with Crippen molar-refractivity contribution in [1.29, 1.82) is 5.41 Å². The molecule has 1 rings (SSSR count). The summed E-state index contributed by atoms with van der Waals surface area (Å²) in [5, 5.41) is 8.21. The number of nitrogens with one attached hydrogen (secondary N) is 1. The summed E-state index contributed by atoms with van der Waals surface area (Å²) >= 11 is 11.8. The van der Waals surface area contributed by atoms with E-state index < -0.39 is 0 Å². The predicted octanol–water partition coefficient (Wildman–Crippen LogP) is 2.54. The summed E-state index contributed by atoms with van der Waals surface area (Å²) in [5.41, 5.74) is 5.32. The van der Waals surface area contributed by atoms with Gasteiger partial charge < -0.3 is 10.6 Å². The van der Waals surface area contributed by atoms with Crippen LogP contribution in [-0.4, -0.2) is 23.9 Å². The maximum Gasteiger partial charge on any atom is 0.147 e. The number of hydrogen-bond donors (Lipinski definition) is 2. The van der Waals surface area contributed by atoms with Crippen LogP contribution in [0, 0.1) is 5.41 Å². The van der Waals surface area contributed by atoms with Gasteiger partial charge in [-0.3, -0.25) is 5.41 Å². The van der Waals surface area contributed by atoms with Crippen molar-refractivity contribution < 1.29 is 0 Å². The lowest BCUT2D eigenvalue weighted by Gasteiger charge is -2.22. The van der Waals surface area contributed by atoms with E-state index in [2.05, 4.69) is 4.98 Å². The fraction of sp³-hybridized carbons (Fsp3) is 0.400. The first-order valence-electron chi connectivity index (χ1n) is 4.93. The number of pyridine rings is 1. The number of nitrogens with zero attached hydrogens (tertiary/aromatic N) is 2. The minimum absolute atomic E-state index is 0.156. The number of amidine groups is 1. The Labute approximate surface area is 105 Å². The lowest BCUT2D eigenvalue weighted by atomic mass is 10.3. The van der Waals surface area contributed by atoms with Gasteiger partial charge in [0.2, 0.25) is 0 Å². The van der Waals surface area contributed by atoms with Crippen LogP contribution in [0.1, 0.15) is 13.3 Å². The Morgan fingerprint density at radius 2 is 2.25 bits per heavy atom. The molecule has 4 nitrogen and oxygen atoms in total. The van der Waals surface area contributed by atoms with E-state index in [9.17, 15) is 0 Å². The molecule has 1 aromatic heterocycles. The average Bonchev–Trinajstić information content (AvgIpc) is 2.21. The van der Waals surface area contributed by atoms with Crippen molar-refractivity contribution in [2.75, 3.05) is 18.0 Å². The summed E-state index contributed by atoms with van der Waals surface area (Å²) in [6.07, 6.45) is 2.05. The third kappa shape index (κ3) is 3.54. The number of rotatable bonds is 5. The van der Waals surface area contributed by atoms with Gasteiger partial charge in [-0.25, -0.2) is 4.98 Å². The van der Waals surface area contributed by atoms with Gasteiger partial charge in [-0.15, -0.1) is 0 Å². The fourth-order valence-electron chi connectivity index (χ4n) is 1.31. The van der Waals surface area contributed by atoms with Gasteiger partial charge in [0.1, 0.15) is 5.82 Å². The second kappa shape index (κ2) is 5.92. The maximum absolute atomic E-state index is 7.19. The van der Waals surface area contributed by atoms with Gasteiger partial charge in [-0.05, 0) is 13.0 Å². The molecular weight excluding hydrogens is 247 g/mol. The average molecular weight is 261 g/mol. The fourth-order valence-corrected chi connectivity index (χ4v) is 1.81. The molecule has 0 saturated heterocycles. The summed E-state index contributed by atoms with van der Waals surface area (Å²) in [7, 11) is 0. The third-order valence-corrected chi connectivity index (χ3v) is 2.61. The van der Waals surface area contributed by atoms with E-state index >= 15 is 0 Å². The van der Waals surface area contributed by atoms with Gasteiger partial charge >= 0.3 is 0 Å². The number of aromatic nitrogens is 1. The summed E-state index contributed by atoms with van der Waals surface area (Å²) in [6.45, 7) is 3.37.